The zero-order valence-corrected chi connectivity index (χ0v) is 12.6. The quantitative estimate of drug-likeness (QED) is 0.837. The number of hydrogen-bond acceptors (Lipinski definition) is 4. The van der Waals surface area contributed by atoms with Crippen LogP contribution in [0.1, 0.15) is 18.9 Å². The zero-order chi connectivity index (χ0) is 13.7. The van der Waals surface area contributed by atoms with Gasteiger partial charge in [-0.3, -0.25) is 0 Å². The SMILES string of the molecule is CCCNCc1cnc(N2CCN(C)CC2)c(Cl)c1. The third kappa shape index (κ3) is 4.06. The molecule has 0 radical (unpaired) electrons. The smallest absolute Gasteiger partial charge is 0.147 e. The van der Waals surface area contributed by atoms with Crippen LogP contribution in [-0.4, -0.2) is 49.7 Å². The van der Waals surface area contributed by atoms with Crippen molar-refractivity contribution in [2.24, 2.45) is 0 Å². The standard InChI is InChI=1S/C14H23ClN4/c1-3-4-16-10-12-9-13(15)14(17-11-12)19-7-5-18(2)6-8-19/h9,11,16H,3-8,10H2,1-2H3. The molecule has 0 bridgehead atoms. The lowest BCUT2D eigenvalue weighted by molar-refractivity contribution is 0.312. The summed E-state index contributed by atoms with van der Waals surface area (Å²) in [6.45, 7) is 8.15. The molecular weight excluding hydrogens is 260 g/mol. The molecule has 5 heteroatoms. The van der Waals surface area contributed by atoms with Crippen molar-refractivity contribution < 1.29 is 0 Å². The van der Waals surface area contributed by atoms with E-state index in [0.29, 0.717) is 0 Å². The van der Waals surface area contributed by atoms with E-state index in [9.17, 15) is 0 Å². The molecule has 106 valence electrons. The van der Waals surface area contributed by atoms with E-state index < -0.39 is 0 Å². The third-order valence-corrected chi connectivity index (χ3v) is 3.72. The van der Waals surface area contributed by atoms with E-state index in [-0.39, 0.29) is 0 Å². The van der Waals surface area contributed by atoms with E-state index in [1.807, 2.05) is 12.3 Å². The van der Waals surface area contributed by atoms with Gasteiger partial charge in [-0.25, -0.2) is 4.98 Å². The molecule has 1 saturated heterocycles. The summed E-state index contributed by atoms with van der Waals surface area (Å²) in [5.41, 5.74) is 1.15. The highest BCUT2D eigenvalue weighted by Gasteiger charge is 2.17. The van der Waals surface area contributed by atoms with Crippen LogP contribution in [0.3, 0.4) is 0 Å². The van der Waals surface area contributed by atoms with Crippen molar-refractivity contribution in [3.05, 3.63) is 22.8 Å². The van der Waals surface area contributed by atoms with Gasteiger partial charge in [0, 0.05) is 38.9 Å². The summed E-state index contributed by atoms with van der Waals surface area (Å²) < 4.78 is 0. The van der Waals surface area contributed by atoms with Gasteiger partial charge in [0.05, 0.1) is 5.02 Å². The highest BCUT2D eigenvalue weighted by atomic mass is 35.5. The summed E-state index contributed by atoms with van der Waals surface area (Å²) >= 11 is 6.37. The Morgan fingerprint density at radius 2 is 2.05 bits per heavy atom. The molecule has 0 aromatic carbocycles. The second-order valence-corrected chi connectivity index (χ2v) is 5.52. The predicted octanol–water partition coefficient (Wildman–Crippen LogP) is 1.99. The summed E-state index contributed by atoms with van der Waals surface area (Å²) in [4.78, 5) is 9.14. The Morgan fingerprint density at radius 1 is 1.32 bits per heavy atom. The molecule has 2 heterocycles. The molecule has 0 saturated carbocycles. The maximum atomic E-state index is 6.37. The summed E-state index contributed by atoms with van der Waals surface area (Å²) in [6, 6.07) is 2.03. The molecule has 0 atom stereocenters. The number of nitrogens with zero attached hydrogens (tertiary/aromatic N) is 3. The molecule has 4 nitrogen and oxygen atoms in total. The Labute approximate surface area is 120 Å². The maximum absolute atomic E-state index is 6.37. The van der Waals surface area contributed by atoms with E-state index in [1.54, 1.807) is 0 Å². The minimum absolute atomic E-state index is 0.764. The number of pyridine rings is 1. The van der Waals surface area contributed by atoms with Gasteiger partial charge in [0.2, 0.25) is 0 Å². The van der Waals surface area contributed by atoms with Gasteiger partial charge in [0.25, 0.3) is 0 Å². The van der Waals surface area contributed by atoms with Crippen molar-refractivity contribution in [2.45, 2.75) is 19.9 Å². The summed E-state index contributed by atoms with van der Waals surface area (Å²) in [5, 5.41) is 4.13. The molecule has 0 unspecified atom stereocenters. The zero-order valence-electron chi connectivity index (χ0n) is 11.8. The van der Waals surface area contributed by atoms with Crippen LogP contribution in [0, 0.1) is 0 Å². The van der Waals surface area contributed by atoms with Crippen LogP contribution in [0.4, 0.5) is 5.82 Å². The minimum atomic E-state index is 0.764. The van der Waals surface area contributed by atoms with Crippen LogP contribution in [0.25, 0.3) is 0 Å². The van der Waals surface area contributed by atoms with Crippen molar-refractivity contribution in [1.82, 2.24) is 15.2 Å². The van der Waals surface area contributed by atoms with Crippen molar-refractivity contribution in [2.75, 3.05) is 44.7 Å². The van der Waals surface area contributed by atoms with Gasteiger partial charge in [-0.15, -0.1) is 0 Å². The fourth-order valence-corrected chi connectivity index (χ4v) is 2.54. The normalized spacial score (nSPS) is 16.9. The lowest BCUT2D eigenvalue weighted by atomic mass is 10.2. The average Bonchev–Trinajstić information content (AvgIpc) is 2.41. The molecule has 19 heavy (non-hydrogen) atoms. The lowest BCUT2D eigenvalue weighted by Gasteiger charge is -2.33. The molecule has 1 aliphatic heterocycles. The van der Waals surface area contributed by atoms with E-state index in [0.717, 1.165) is 62.1 Å². The topological polar surface area (TPSA) is 31.4 Å². The summed E-state index contributed by atoms with van der Waals surface area (Å²) in [6.07, 6.45) is 3.07. The van der Waals surface area contributed by atoms with E-state index in [1.165, 1.54) is 0 Å². The molecule has 2 rings (SSSR count). The fourth-order valence-electron chi connectivity index (χ4n) is 2.23. The van der Waals surface area contributed by atoms with Crippen LogP contribution in [0.5, 0.6) is 0 Å². The van der Waals surface area contributed by atoms with Crippen LogP contribution in [0.2, 0.25) is 5.02 Å². The Hall–Kier alpha value is -0.840. The number of hydrogen-bond donors (Lipinski definition) is 1. The van der Waals surface area contributed by atoms with Gasteiger partial charge in [-0.05, 0) is 31.6 Å². The first kappa shape index (κ1) is 14.6. The molecule has 1 fully saturated rings. The first-order valence-electron chi connectivity index (χ1n) is 6.99. The number of piperazine rings is 1. The number of aromatic nitrogens is 1. The fraction of sp³-hybridized carbons (Fsp3) is 0.643. The number of anilines is 1. The molecule has 1 N–H and O–H groups in total. The van der Waals surface area contributed by atoms with Crippen molar-refractivity contribution in [3.63, 3.8) is 0 Å². The van der Waals surface area contributed by atoms with Gasteiger partial charge < -0.3 is 15.1 Å². The van der Waals surface area contributed by atoms with Crippen LogP contribution in [0.15, 0.2) is 12.3 Å². The monoisotopic (exact) mass is 282 g/mol. The number of rotatable bonds is 5. The van der Waals surface area contributed by atoms with Crippen molar-refractivity contribution in [1.29, 1.82) is 0 Å². The van der Waals surface area contributed by atoms with E-state index in [2.05, 4.69) is 34.1 Å². The number of likely N-dealkylation sites (N-methyl/N-ethyl adjacent to an activating group) is 1. The molecule has 1 aromatic rings. The first-order valence-corrected chi connectivity index (χ1v) is 7.37. The second kappa shape index (κ2) is 7.08. The molecule has 0 aliphatic carbocycles. The van der Waals surface area contributed by atoms with Gasteiger partial charge in [-0.1, -0.05) is 18.5 Å². The Morgan fingerprint density at radius 3 is 2.68 bits per heavy atom. The number of halogens is 1. The van der Waals surface area contributed by atoms with Crippen molar-refractivity contribution in [3.8, 4) is 0 Å². The predicted molar refractivity (Wildman–Crippen MR) is 81.0 cm³/mol. The molecular formula is C14H23ClN4. The first-order chi connectivity index (χ1) is 9.20. The molecule has 1 aliphatic rings. The Balaban J connectivity index is 1.98. The largest absolute Gasteiger partial charge is 0.353 e. The maximum Gasteiger partial charge on any atom is 0.147 e. The van der Waals surface area contributed by atoms with E-state index in [4.69, 9.17) is 11.6 Å². The van der Waals surface area contributed by atoms with Gasteiger partial charge >= 0.3 is 0 Å². The van der Waals surface area contributed by atoms with Gasteiger partial charge in [-0.2, -0.15) is 0 Å². The van der Waals surface area contributed by atoms with Gasteiger partial charge in [0.1, 0.15) is 5.82 Å². The molecule has 0 spiro atoms. The molecule has 0 amide bonds. The number of nitrogens with one attached hydrogen (secondary N) is 1. The van der Waals surface area contributed by atoms with Crippen molar-refractivity contribution >= 4 is 17.4 Å². The van der Waals surface area contributed by atoms with Crippen LogP contribution >= 0.6 is 11.6 Å². The third-order valence-electron chi connectivity index (χ3n) is 3.44. The summed E-state index contributed by atoms with van der Waals surface area (Å²) in [5.74, 6) is 0.925. The second-order valence-electron chi connectivity index (χ2n) is 5.12. The highest BCUT2D eigenvalue weighted by molar-refractivity contribution is 6.33. The highest BCUT2D eigenvalue weighted by Crippen LogP contribution is 2.24. The van der Waals surface area contributed by atoms with Crippen LogP contribution in [-0.2, 0) is 6.54 Å². The Bertz CT molecular complexity index is 402. The molecule has 1 aromatic heterocycles. The van der Waals surface area contributed by atoms with Crippen LogP contribution < -0.4 is 10.2 Å². The van der Waals surface area contributed by atoms with Gasteiger partial charge in [0.15, 0.2) is 0 Å². The lowest BCUT2D eigenvalue weighted by Crippen LogP contribution is -2.44. The minimum Gasteiger partial charge on any atom is -0.353 e. The van der Waals surface area contributed by atoms with E-state index >= 15 is 0 Å². The summed E-state index contributed by atoms with van der Waals surface area (Å²) in [7, 11) is 2.15. The average molecular weight is 283 g/mol. The Kier molecular flexibility index (Phi) is 5.43.